The van der Waals surface area contributed by atoms with E-state index in [0.29, 0.717) is 12.0 Å². The number of ether oxygens (including phenoxy) is 1. The fraction of sp³-hybridized carbons (Fsp3) is 0.900. The molecule has 1 fully saturated rings. The number of hydrogen-bond acceptors (Lipinski definition) is 3. The summed E-state index contributed by atoms with van der Waals surface area (Å²) in [6.07, 6.45) is 3.16. The van der Waals surface area contributed by atoms with E-state index < -0.39 is 0 Å². The third-order valence-electron chi connectivity index (χ3n) is 2.97. The highest BCUT2D eigenvalue weighted by molar-refractivity contribution is 5.76. The van der Waals surface area contributed by atoms with E-state index in [0.717, 1.165) is 19.3 Å². The highest BCUT2D eigenvalue weighted by Gasteiger charge is 2.35. The second kappa shape index (κ2) is 4.61. The minimum atomic E-state index is -0.116. The zero-order valence-corrected chi connectivity index (χ0v) is 8.67. The van der Waals surface area contributed by atoms with Crippen LogP contribution in [0.5, 0.6) is 0 Å². The summed E-state index contributed by atoms with van der Waals surface area (Å²) in [5.74, 6) is 0.517. The van der Waals surface area contributed by atoms with Gasteiger partial charge in [-0.3, -0.25) is 4.79 Å². The van der Waals surface area contributed by atoms with Crippen LogP contribution in [0.1, 0.15) is 33.1 Å². The minimum absolute atomic E-state index is 0.0695. The van der Waals surface area contributed by atoms with Gasteiger partial charge in [0.2, 0.25) is 0 Å². The summed E-state index contributed by atoms with van der Waals surface area (Å²) in [5.41, 5.74) is 0. The number of nitrogens with one attached hydrogen (secondary N) is 1. The van der Waals surface area contributed by atoms with E-state index in [4.69, 9.17) is 4.74 Å². The molecule has 0 aromatic heterocycles. The summed E-state index contributed by atoms with van der Waals surface area (Å²) < 4.78 is 4.72. The fourth-order valence-electron chi connectivity index (χ4n) is 2.14. The molecule has 0 aliphatic carbocycles. The van der Waals surface area contributed by atoms with Gasteiger partial charge in [0.05, 0.1) is 7.11 Å². The van der Waals surface area contributed by atoms with Crippen LogP contribution in [0.2, 0.25) is 0 Å². The molecule has 0 aromatic rings. The van der Waals surface area contributed by atoms with Crippen molar-refractivity contribution in [2.24, 2.45) is 5.92 Å². The number of esters is 1. The quantitative estimate of drug-likeness (QED) is 0.674. The van der Waals surface area contributed by atoms with E-state index in [2.05, 4.69) is 19.2 Å². The molecule has 1 rings (SSSR count). The molecule has 0 amide bonds. The Labute approximate surface area is 79.8 Å². The molecule has 1 aliphatic rings. The summed E-state index contributed by atoms with van der Waals surface area (Å²) >= 11 is 0. The largest absolute Gasteiger partial charge is 0.468 e. The Bertz CT molecular complexity index is 170. The number of carbonyl (C=O) groups is 1. The maximum atomic E-state index is 11.3. The SMILES string of the molecule is CC[C@H]1C[C@@H](C(=O)OC)N[C@H]1CC. The van der Waals surface area contributed by atoms with E-state index in [-0.39, 0.29) is 12.0 Å². The number of rotatable bonds is 3. The molecular weight excluding hydrogens is 166 g/mol. The van der Waals surface area contributed by atoms with Crippen LogP contribution in [0.3, 0.4) is 0 Å². The topological polar surface area (TPSA) is 38.3 Å². The van der Waals surface area contributed by atoms with E-state index in [1.165, 1.54) is 7.11 Å². The average molecular weight is 185 g/mol. The molecule has 0 saturated carbocycles. The van der Waals surface area contributed by atoms with Crippen molar-refractivity contribution in [3.63, 3.8) is 0 Å². The monoisotopic (exact) mass is 185 g/mol. The molecule has 0 bridgehead atoms. The van der Waals surface area contributed by atoms with Gasteiger partial charge in [-0.1, -0.05) is 20.3 Å². The van der Waals surface area contributed by atoms with Gasteiger partial charge in [-0.2, -0.15) is 0 Å². The van der Waals surface area contributed by atoms with Crippen LogP contribution in [0.15, 0.2) is 0 Å². The Morgan fingerprint density at radius 1 is 1.46 bits per heavy atom. The normalized spacial score (nSPS) is 33.3. The molecule has 1 saturated heterocycles. The first-order chi connectivity index (χ1) is 6.22. The molecule has 0 spiro atoms. The van der Waals surface area contributed by atoms with E-state index in [1.807, 2.05) is 0 Å². The summed E-state index contributed by atoms with van der Waals surface area (Å²) in [6, 6.07) is 0.425. The zero-order chi connectivity index (χ0) is 9.84. The van der Waals surface area contributed by atoms with Crippen LogP contribution < -0.4 is 5.32 Å². The van der Waals surface area contributed by atoms with E-state index >= 15 is 0 Å². The second-order valence-corrected chi connectivity index (χ2v) is 3.66. The predicted molar refractivity (Wildman–Crippen MR) is 51.4 cm³/mol. The van der Waals surface area contributed by atoms with Crippen LogP contribution >= 0.6 is 0 Å². The molecule has 1 N–H and O–H groups in total. The highest BCUT2D eigenvalue weighted by Crippen LogP contribution is 2.25. The first-order valence-electron chi connectivity index (χ1n) is 5.06. The van der Waals surface area contributed by atoms with Crippen LogP contribution in [0, 0.1) is 5.92 Å². The Hall–Kier alpha value is -0.570. The van der Waals surface area contributed by atoms with Crippen LogP contribution in [-0.2, 0) is 9.53 Å². The molecule has 0 aromatic carbocycles. The lowest BCUT2D eigenvalue weighted by Crippen LogP contribution is -2.36. The molecule has 0 radical (unpaired) electrons. The van der Waals surface area contributed by atoms with Gasteiger partial charge in [0.1, 0.15) is 6.04 Å². The molecule has 3 atom stereocenters. The van der Waals surface area contributed by atoms with Gasteiger partial charge in [0, 0.05) is 6.04 Å². The van der Waals surface area contributed by atoms with Crippen molar-refractivity contribution in [1.29, 1.82) is 0 Å². The molecule has 3 nitrogen and oxygen atoms in total. The van der Waals surface area contributed by atoms with Crippen LogP contribution in [-0.4, -0.2) is 25.2 Å². The Balaban J connectivity index is 2.52. The maximum absolute atomic E-state index is 11.3. The van der Waals surface area contributed by atoms with Gasteiger partial charge in [-0.15, -0.1) is 0 Å². The molecule has 76 valence electrons. The highest BCUT2D eigenvalue weighted by atomic mass is 16.5. The first-order valence-corrected chi connectivity index (χ1v) is 5.06. The molecule has 1 aliphatic heterocycles. The second-order valence-electron chi connectivity index (χ2n) is 3.66. The van der Waals surface area contributed by atoms with Crippen molar-refractivity contribution in [3.8, 4) is 0 Å². The summed E-state index contributed by atoms with van der Waals surface area (Å²) in [6.45, 7) is 4.33. The van der Waals surface area contributed by atoms with Gasteiger partial charge in [0.25, 0.3) is 0 Å². The summed E-state index contributed by atoms with van der Waals surface area (Å²) in [4.78, 5) is 11.3. The lowest BCUT2D eigenvalue weighted by atomic mass is 9.95. The van der Waals surface area contributed by atoms with E-state index in [1.54, 1.807) is 0 Å². The number of hydrogen-bond donors (Lipinski definition) is 1. The lowest BCUT2D eigenvalue weighted by molar-refractivity contribution is -0.142. The van der Waals surface area contributed by atoms with Crippen molar-refractivity contribution in [1.82, 2.24) is 5.32 Å². The molecule has 1 heterocycles. The Kier molecular flexibility index (Phi) is 3.72. The summed E-state index contributed by atoms with van der Waals surface area (Å²) in [5, 5.41) is 3.32. The van der Waals surface area contributed by atoms with E-state index in [9.17, 15) is 4.79 Å². The third kappa shape index (κ3) is 2.21. The fourth-order valence-corrected chi connectivity index (χ4v) is 2.14. The Morgan fingerprint density at radius 3 is 2.54 bits per heavy atom. The van der Waals surface area contributed by atoms with Crippen molar-refractivity contribution in [2.45, 2.75) is 45.2 Å². The molecular formula is C10H19NO2. The van der Waals surface area contributed by atoms with Crippen molar-refractivity contribution in [2.75, 3.05) is 7.11 Å². The van der Waals surface area contributed by atoms with Gasteiger partial charge in [-0.05, 0) is 18.8 Å². The molecule has 3 heteroatoms. The average Bonchev–Trinajstić information content (AvgIpc) is 2.59. The number of methoxy groups -OCH3 is 1. The third-order valence-corrected chi connectivity index (χ3v) is 2.97. The number of carbonyl (C=O) groups excluding carboxylic acids is 1. The predicted octanol–water partition coefficient (Wildman–Crippen LogP) is 1.33. The minimum Gasteiger partial charge on any atom is -0.468 e. The first kappa shape index (κ1) is 10.5. The summed E-state index contributed by atoms with van der Waals surface area (Å²) in [7, 11) is 1.45. The lowest BCUT2D eigenvalue weighted by Gasteiger charge is -2.14. The van der Waals surface area contributed by atoms with Crippen molar-refractivity contribution >= 4 is 5.97 Å². The smallest absolute Gasteiger partial charge is 0.322 e. The van der Waals surface area contributed by atoms with Crippen molar-refractivity contribution in [3.05, 3.63) is 0 Å². The van der Waals surface area contributed by atoms with Crippen LogP contribution in [0.4, 0.5) is 0 Å². The van der Waals surface area contributed by atoms with Gasteiger partial charge in [-0.25, -0.2) is 0 Å². The zero-order valence-electron chi connectivity index (χ0n) is 8.67. The van der Waals surface area contributed by atoms with Gasteiger partial charge < -0.3 is 10.1 Å². The Morgan fingerprint density at radius 2 is 2.15 bits per heavy atom. The standard InChI is InChI=1S/C10H19NO2/c1-4-7-6-9(10(12)13-3)11-8(7)5-2/h7-9,11H,4-6H2,1-3H3/t7-,8-,9-/m0/s1. The maximum Gasteiger partial charge on any atom is 0.322 e. The van der Waals surface area contributed by atoms with Gasteiger partial charge in [0.15, 0.2) is 0 Å². The van der Waals surface area contributed by atoms with Crippen LogP contribution in [0.25, 0.3) is 0 Å². The molecule has 0 unspecified atom stereocenters. The van der Waals surface area contributed by atoms with Crippen molar-refractivity contribution < 1.29 is 9.53 Å². The molecule has 13 heavy (non-hydrogen) atoms. The van der Waals surface area contributed by atoms with Gasteiger partial charge >= 0.3 is 5.97 Å².